The van der Waals surface area contributed by atoms with Crippen molar-refractivity contribution in [1.29, 1.82) is 0 Å². The van der Waals surface area contributed by atoms with Crippen molar-refractivity contribution in [2.75, 3.05) is 18.0 Å². The molecule has 0 aliphatic rings. The number of sulfonamides is 1. The van der Waals surface area contributed by atoms with Crippen LogP contribution in [0.2, 0.25) is 5.02 Å². The Morgan fingerprint density at radius 2 is 1.81 bits per heavy atom. The average molecular weight is 531 g/mol. The van der Waals surface area contributed by atoms with Crippen molar-refractivity contribution < 1.29 is 22.9 Å². The van der Waals surface area contributed by atoms with E-state index in [1.54, 1.807) is 18.2 Å². The number of amides is 1. The van der Waals surface area contributed by atoms with Gasteiger partial charge in [-0.05, 0) is 73.5 Å². The zero-order chi connectivity index (χ0) is 26.5. The predicted molar refractivity (Wildman–Crippen MR) is 137 cm³/mol. The molecule has 36 heavy (non-hydrogen) atoms. The number of methoxy groups -OCH3 is 1. The Kier molecular flexibility index (Phi) is 8.28. The van der Waals surface area contributed by atoms with E-state index in [1.165, 1.54) is 55.8 Å². The molecule has 0 saturated heterocycles. The molecule has 0 aliphatic carbocycles. The van der Waals surface area contributed by atoms with Gasteiger partial charge in [-0.15, -0.1) is 0 Å². The molecule has 0 spiro atoms. The van der Waals surface area contributed by atoms with Gasteiger partial charge in [0.1, 0.15) is 6.54 Å². The molecule has 12 heteroatoms. The van der Waals surface area contributed by atoms with Gasteiger partial charge in [0.2, 0.25) is 0 Å². The summed E-state index contributed by atoms with van der Waals surface area (Å²) in [5.74, 6) is -0.636. The first kappa shape index (κ1) is 26.6. The van der Waals surface area contributed by atoms with E-state index in [4.69, 9.17) is 16.3 Å². The number of nitro groups is 1. The van der Waals surface area contributed by atoms with Gasteiger partial charge in [0.25, 0.3) is 15.9 Å². The molecule has 188 valence electrons. The Balaban J connectivity index is 1.85. The smallest absolute Gasteiger partial charge is 0.311 e. The molecule has 0 aromatic heterocycles. The maximum atomic E-state index is 13.4. The van der Waals surface area contributed by atoms with Gasteiger partial charge in [-0.2, -0.15) is 5.10 Å². The van der Waals surface area contributed by atoms with Crippen LogP contribution in [-0.2, 0) is 14.8 Å². The maximum absolute atomic E-state index is 13.4. The van der Waals surface area contributed by atoms with E-state index in [0.717, 1.165) is 15.4 Å². The number of aryl methyl sites for hydroxylation is 2. The van der Waals surface area contributed by atoms with Crippen LogP contribution in [0.15, 0.2) is 70.7 Å². The minimum Gasteiger partial charge on any atom is -0.490 e. The molecular weight excluding hydrogens is 508 g/mol. The van der Waals surface area contributed by atoms with Crippen LogP contribution in [0.5, 0.6) is 5.75 Å². The van der Waals surface area contributed by atoms with E-state index in [1.807, 2.05) is 13.8 Å². The number of nitrogens with one attached hydrogen (secondary N) is 1. The number of halogens is 1. The van der Waals surface area contributed by atoms with Crippen LogP contribution in [0.3, 0.4) is 0 Å². The van der Waals surface area contributed by atoms with Gasteiger partial charge in [0.15, 0.2) is 5.75 Å². The van der Waals surface area contributed by atoms with Gasteiger partial charge < -0.3 is 4.74 Å². The van der Waals surface area contributed by atoms with E-state index in [9.17, 15) is 23.3 Å². The van der Waals surface area contributed by atoms with E-state index in [0.29, 0.717) is 16.3 Å². The van der Waals surface area contributed by atoms with Crippen molar-refractivity contribution >= 4 is 45.1 Å². The number of hydrogen-bond acceptors (Lipinski definition) is 7. The van der Waals surface area contributed by atoms with Crippen LogP contribution >= 0.6 is 11.6 Å². The summed E-state index contributed by atoms with van der Waals surface area (Å²) in [5.41, 5.74) is 4.46. The van der Waals surface area contributed by atoms with E-state index >= 15 is 0 Å². The summed E-state index contributed by atoms with van der Waals surface area (Å²) in [6.45, 7) is 3.17. The molecule has 3 aromatic carbocycles. The fourth-order valence-electron chi connectivity index (χ4n) is 3.20. The standard InChI is InChI=1S/C24H23ClN4O6S/c1-16-4-8-20(12-17(16)2)28(36(33,34)21-9-6-19(25)7-10-21)15-24(30)27-26-14-18-5-11-23(35-3)22(13-18)29(31)32/h4-14H,15H2,1-3H3,(H,27,30)/b26-14-. The SMILES string of the molecule is COc1ccc(/C=N\NC(=O)CN(c2ccc(C)c(C)c2)S(=O)(=O)c2ccc(Cl)cc2)cc1[N+](=O)[O-]. The summed E-state index contributed by atoms with van der Waals surface area (Å²) in [4.78, 5) is 23.2. The molecule has 10 nitrogen and oxygen atoms in total. The Hall–Kier alpha value is -3.96. The first-order valence-electron chi connectivity index (χ1n) is 10.5. The number of hydrazone groups is 1. The van der Waals surface area contributed by atoms with Gasteiger partial charge in [0, 0.05) is 16.7 Å². The molecule has 3 aromatic rings. The molecule has 3 rings (SSSR count). The minimum absolute atomic E-state index is 0.0352. The highest BCUT2D eigenvalue weighted by molar-refractivity contribution is 7.92. The van der Waals surface area contributed by atoms with Gasteiger partial charge in [-0.1, -0.05) is 17.7 Å². The van der Waals surface area contributed by atoms with Crippen LogP contribution in [0.1, 0.15) is 16.7 Å². The normalized spacial score (nSPS) is 11.3. The molecule has 0 unspecified atom stereocenters. The number of anilines is 1. The number of ether oxygens (including phenoxy) is 1. The zero-order valence-corrected chi connectivity index (χ0v) is 21.2. The second kappa shape index (κ2) is 11.2. The zero-order valence-electron chi connectivity index (χ0n) is 19.6. The van der Waals surface area contributed by atoms with Gasteiger partial charge in [-0.3, -0.25) is 19.2 Å². The Labute approximate surface area is 213 Å². The molecule has 0 atom stereocenters. The summed E-state index contributed by atoms with van der Waals surface area (Å²) >= 11 is 5.90. The number of carbonyl (C=O) groups excluding carboxylic acids is 1. The van der Waals surface area contributed by atoms with E-state index in [2.05, 4.69) is 10.5 Å². The van der Waals surface area contributed by atoms with Crippen molar-refractivity contribution in [1.82, 2.24) is 5.43 Å². The maximum Gasteiger partial charge on any atom is 0.311 e. The predicted octanol–water partition coefficient (Wildman–Crippen LogP) is 4.22. The third-order valence-electron chi connectivity index (χ3n) is 5.27. The third kappa shape index (κ3) is 6.18. The van der Waals surface area contributed by atoms with Crippen molar-refractivity contribution in [2.45, 2.75) is 18.7 Å². The highest BCUT2D eigenvalue weighted by Gasteiger charge is 2.27. The molecule has 1 N–H and O–H groups in total. The largest absolute Gasteiger partial charge is 0.490 e. The third-order valence-corrected chi connectivity index (χ3v) is 7.31. The van der Waals surface area contributed by atoms with Crippen molar-refractivity contribution in [2.24, 2.45) is 5.10 Å². The van der Waals surface area contributed by atoms with E-state index in [-0.39, 0.29) is 16.3 Å². The first-order valence-corrected chi connectivity index (χ1v) is 12.3. The number of carbonyl (C=O) groups is 1. The van der Waals surface area contributed by atoms with Crippen LogP contribution < -0.4 is 14.5 Å². The molecule has 0 saturated carbocycles. The first-order chi connectivity index (χ1) is 17.0. The van der Waals surface area contributed by atoms with E-state index < -0.39 is 27.4 Å². The fourth-order valence-corrected chi connectivity index (χ4v) is 4.74. The van der Waals surface area contributed by atoms with Crippen LogP contribution in [0.4, 0.5) is 11.4 Å². The quantitative estimate of drug-likeness (QED) is 0.250. The van der Waals surface area contributed by atoms with Gasteiger partial charge >= 0.3 is 5.69 Å². The Bertz CT molecular complexity index is 1430. The molecule has 1 amide bonds. The summed E-state index contributed by atoms with van der Waals surface area (Å²) in [6, 6.07) is 14.8. The number of rotatable bonds is 9. The second-order valence-corrected chi connectivity index (χ2v) is 10.0. The summed E-state index contributed by atoms with van der Waals surface area (Å²) in [7, 11) is -2.81. The Morgan fingerprint density at radius 3 is 2.42 bits per heavy atom. The topological polar surface area (TPSA) is 131 Å². The van der Waals surface area contributed by atoms with Gasteiger partial charge in [-0.25, -0.2) is 13.8 Å². The van der Waals surface area contributed by atoms with Crippen LogP contribution in [0, 0.1) is 24.0 Å². The number of benzene rings is 3. The van der Waals surface area contributed by atoms with Gasteiger partial charge in [0.05, 0.1) is 28.8 Å². The second-order valence-electron chi connectivity index (χ2n) is 7.72. The number of nitro benzene ring substituents is 1. The number of nitrogens with zero attached hydrogens (tertiary/aromatic N) is 3. The lowest BCUT2D eigenvalue weighted by Crippen LogP contribution is -2.39. The summed E-state index contributed by atoms with van der Waals surface area (Å²) in [6.07, 6.45) is 1.21. The molecule has 0 bridgehead atoms. The van der Waals surface area contributed by atoms with Crippen molar-refractivity contribution in [3.8, 4) is 5.75 Å². The summed E-state index contributed by atoms with van der Waals surface area (Å²) in [5, 5.41) is 15.4. The average Bonchev–Trinajstić information content (AvgIpc) is 2.84. The lowest BCUT2D eigenvalue weighted by Gasteiger charge is -2.24. The van der Waals surface area contributed by atoms with Crippen molar-refractivity contribution in [3.05, 3.63) is 92.5 Å². The Morgan fingerprint density at radius 1 is 1.11 bits per heavy atom. The molecule has 0 radical (unpaired) electrons. The fraction of sp³-hybridized carbons (Fsp3) is 0.167. The summed E-state index contributed by atoms with van der Waals surface area (Å²) < 4.78 is 32.8. The van der Waals surface area contributed by atoms with Crippen molar-refractivity contribution in [3.63, 3.8) is 0 Å². The lowest BCUT2D eigenvalue weighted by atomic mass is 10.1. The highest BCUT2D eigenvalue weighted by atomic mass is 35.5. The number of hydrogen-bond donors (Lipinski definition) is 1. The van der Waals surface area contributed by atoms with Crippen LogP contribution in [0.25, 0.3) is 0 Å². The lowest BCUT2D eigenvalue weighted by molar-refractivity contribution is -0.385. The highest BCUT2D eigenvalue weighted by Crippen LogP contribution is 2.28. The van der Waals surface area contributed by atoms with Crippen LogP contribution in [-0.4, -0.2) is 39.1 Å². The molecule has 0 fully saturated rings. The minimum atomic E-state index is -4.12. The monoisotopic (exact) mass is 530 g/mol. The molecular formula is C24H23ClN4O6S. The molecule has 0 heterocycles. The molecule has 0 aliphatic heterocycles.